The fraction of sp³-hybridized carbons (Fsp3) is 0.214. The van der Waals surface area contributed by atoms with Crippen molar-refractivity contribution in [1.82, 2.24) is 0 Å². The van der Waals surface area contributed by atoms with Gasteiger partial charge in [0.15, 0.2) is 0 Å². The standard InChI is InChI=1S/C14H14O3S/c1-9(2)17-12-5-3-4-10(6-12)13-7-11(8-18-13)14(15)16/h3-9H,1-2H3,(H,15,16). The molecule has 0 atom stereocenters. The van der Waals surface area contributed by atoms with Crippen molar-refractivity contribution in [3.8, 4) is 16.2 Å². The van der Waals surface area contributed by atoms with E-state index in [1.807, 2.05) is 38.1 Å². The quantitative estimate of drug-likeness (QED) is 0.909. The first-order chi connectivity index (χ1) is 8.56. The van der Waals surface area contributed by atoms with Crippen molar-refractivity contribution in [2.24, 2.45) is 0 Å². The number of ether oxygens (including phenoxy) is 1. The van der Waals surface area contributed by atoms with Crippen molar-refractivity contribution in [3.63, 3.8) is 0 Å². The van der Waals surface area contributed by atoms with E-state index < -0.39 is 5.97 Å². The van der Waals surface area contributed by atoms with Crippen LogP contribution in [0.4, 0.5) is 0 Å². The van der Waals surface area contributed by atoms with Crippen molar-refractivity contribution in [1.29, 1.82) is 0 Å². The highest BCUT2D eigenvalue weighted by atomic mass is 32.1. The van der Waals surface area contributed by atoms with E-state index in [-0.39, 0.29) is 6.10 Å². The Morgan fingerprint density at radius 2 is 2.11 bits per heavy atom. The number of aromatic carboxylic acids is 1. The van der Waals surface area contributed by atoms with Gasteiger partial charge in [0.25, 0.3) is 0 Å². The number of carbonyl (C=O) groups is 1. The van der Waals surface area contributed by atoms with Gasteiger partial charge >= 0.3 is 5.97 Å². The Morgan fingerprint density at radius 1 is 1.33 bits per heavy atom. The molecule has 1 aromatic heterocycles. The number of carboxylic acids is 1. The second-order valence-corrected chi connectivity index (χ2v) is 5.11. The number of hydrogen-bond donors (Lipinski definition) is 1. The Hall–Kier alpha value is -1.81. The molecule has 2 aromatic rings. The molecular weight excluding hydrogens is 248 g/mol. The minimum atomic E-state index is -0.896. The first-order valence-electron chi connectivity index (χ1n) is 5.65. The summed E-state index contributed by atoms with van der Waals surface area (Å²) in [5, 5.41) is 10.5. The van der Waals surface area contributed by atoms with Crippen LogP contribution in [0, 0.1) is 0 Å². The zero-order valence-electron chi connectivity index (χ0n) is 10.2. The van der Waals surface area contributed by atoms with Gasteiger partial charge in [-0.1, -0.05) is 12.1 Å². The van der Waals surface area contributed by atoms with E-state index in [0.717, 1.165) is 16.2 Å². The van der Waals surface area contributed by atoms with Gasteiger partial charge in [-0.25, -0.2) is 4.79 Å². The predicted octanol–water partition coefficient (Wildman–Crippen LogP) is 3.90. The lowest BCUT2D eigenvalue weighted by atomic mass is 10.1. The van der Waals surface area contributed by atoms with Crippen LogP contribution in [0.2, 0.25) is 0 Å². The third kappa shape index (κ3) is 2.90. The highest BCUT2D eigenvalue weighted by Crippen LogP contribution is 2.30. The average molecular weight is 262 g/mol. The molecule has 0 spiro atoms. The summed E-state index contributed by atoms with van der Waals surface area (Å²) in [4.78, 5) is 11.8. The van der Waals surface area contributed by atoms with E-state index in [9.17, 15) is 4.79 Å². The lowest BCUT2D eigenvalue weighted by molar-refractivity contribution is 0.0697. The molecule has 0 aliphatic rings. The summed E-state index contributed by atoms with van der Waals surface area (Å²) >= 11 is 1.42. The second kappa shape index (κ2) is 5.23. The van der Waals surface area contributed by atoms with Crippen LogP contribution in [0.15, 0.2) is 35.7 Å². The van der Waals surface area contributed by atoms with Crippen molar-refractivity contribution in [2.45, 2.75) is 20.0 Å². The summed E-state index contributed by atoms with van der Waals surface area (Å²) in [6, 6.07) is 9.37. The van der Waals surface area contributed by atoms with Crippen LogP contribution in [0.25, 0.3) is 10.4 Å². The molecule has 0 radical (unpaired) electrons. The lowest BCUT2D eigenvalue weighted by Crippen LogP contribution is -2.05. The first-order valence-corrected chi connectivity index (χ1v) is 6.53. The second-order valence-electron chi connectivity index (χ2n) is 4.20. The van der Waals surface area contributed by atoms with E-state index >= 15 is 0 Å². The molecule has 1 heterocycles. The van der Waals surface area contributed by atoms with Gasteiger partial charge in [-0.3, -0.25) is 0 Å². The zero-order valence-corrected chi connectivity index (χ0v) is 11.0. The van der Waals surface area contributed by atoms with E-state index in [0.29, 0.717) is 5.56 Å². The maximum Gasteiger partial charge on any atom is 0.336 e. The van der Waals surface area contributed by atoms with Gasteiger partial charge in [-0.2, -0.15) is 0 Å². The maximum atomic E-state index is 10.8. The van der Waals surface area contributed by atoms with Gasteiger partial charge in [0.05, 0.1) is 11.7 Å². The van der Waals surface area contributed by atoms with Gasteiger partial charge in [-0.15, -0.1) is 11.3 Å². The normalized spacial score (nSPS) is 10.6. The molecule has 1 N–H and O–H groups in total. The third-order valence-corrected chi connectivity index (χ3v) is 3.32. The Kier molecular flexibility index (Phi) is 3.67. The van der Waals surface area contributed by atoms with E-state index in [1.54, 1.807) is 11.4 Å². The summed E-state index contributed by atoms with van der Waals surface area (Å²) in [5.41, 5.74) is 1.30. The van der Waals surface area contributed by atoms with Crippen LogP contribution in [0.5, 0.6) is 5.75 Å². The molecule has 0 saturated heterocycles. The fourth-order valence-corrected chi connectivity index (χ4v) is 2.48. The molecule has 1 aromatic carbocycles. The molecule has 0 aliphatic carbocycles. The molecule has 0 unspecified atom stereocenters. The smallest absolute Gasteiger partial charge is 0.336 e. The minimum Gasteiger partial charge on any atom is -0.491 e. The molecule has 3 nitrogen and oxygen atoms in total. The Bertz CT molecular complexity index is 558. The predicted molar refractivity (Wildman–Crippen MR) is 72.5 cm³/mol. The number of thiophene rings is 1. The highest BCUT2D eigenvalue weighted by molar-refractivity contribution is 7.13. The van der Waals surface area contributed by atoms with Crippen molar-refractivity contribution in [3.05, 3.63) is 41.3 Å². The summed E-state index contributed by atoms with van der Waals surface area (Å²) in [5.74, 6) is -0.0974. The van der Waals surface area contributed by atoms with Gasteiger partial charge in [0.1, 0.15) is 5.75 Å². The Morgan fingerprint density at radius 3 is 2.72 bits per heavy atom. The molecule has 0 fully saturated rings. The fourth-order valence-electron chi connectivity index (χ4n) is 1.59. The third-order valence-electron chi connectivity index (χ3n) is 2.34. The maximum absolute atomic E-state index is 10.8. The van der Waals surface area contributed by atoms with Gasteiger partial charge in [0, 0.05) is 10.3 Å². The van der Waals surface area contributed by atoms with Gasteiger partial charge < -0.3 is 9.84 Å². The lowest BCUT2D eigenvalue weighted by Gasteiger charge is -2.10. The monoisotopic (exact) mass is 262 g/mol. The summed E-state index contributed by atoms with van der Waals surface area (Å²) < 4.78 is 5.62. The Balaban J connectivity index is 2.29. The largest absolute Gasteiger partial charge is 0.491 e. The molecule has 0 saturated carbocycles. The van der Waals surface area contributed by atoms with Crippen LogP contribution >= 0.6 is 11.3 Å². The summed E-state index contributed by atoms with van der Waals surface area (Å²) in [6.07, 6.45) is 0.123. The minimum absolute atomic E-state index is 0.123. The summed E-state index contributed by atoms with van der Waals surface area (Å²) in [6.45, 7) is 3.95. The van der Waals surface area contributed by atoms with Crippen molar-refractivity contribution in [2.75, 3.05) is 0 Å². The molecule has 0 aliphatic heterocycles. The number of rotatable bonds is 4. The zero-order chi connectivity index (χ0) is 13.1. The number of hydrogen-bond acceptors (Lipinski definition) is 3. The van der Waals surface area contributed by atoms with Crippen LogP contribution in [-0.4, -0.2) is 17.2 Å². The molecule has 94 valence electrons. The topological polar surface area (TPSA) is 46.5 Å². The van der Waals surface area contributed by atoms with Crippen LogP contribution in [0.3, 0.4) is 0 Å². The molecule has 18 heavy (non-hydrogen) atoms. The molecule has 4 heteroatoms. The van der Waals surface area contributed by atoms with Crippen molar-refractivity contribution < 1.29 is 14.6 Å². The van der Waals surface area contributed by atoms with Crippen LogP contribution in [-0.2, 0) is 0 Å². The number of carboxylic acid groups (broad SMARTS) is 1. The van der Waals surface area contributed by atoms with E-state index in [2.05, 4.69) is 0 Å². The summed E-state index contributed by atoms with van der Waals surface area (Å²) in [7, 11) is 0. The number of benzene rings is 1. The van der Waals surface area contributed by atoms with Crippen LogP contribution in [0.1, 0.15) is 24.2 Å². The molecule has 2 rings (SSSR count). The van der Waals surface area contributed by atoms with Gasteiger partial charge in [0.2, 0.25) is 0 Å². The highest BCUT2D eigenvalue weighted by Gasteiger charge is 2.08. The van der Waals surface area contributed by atoms with E-state index in [4.69, 9.17) is 9.84 Å². The molecule has 0 amide bonds. The molecular formula is C14H14O3S. The van der Waals surface area contributed by atoms with Gasteiger partial charge in [-0.05, 0) is 37.6 Å². The molecule has 0 bridgehead atoms. The van der Waals surface area contributed by atoms with Crippen LogP contribution < -0.4 is 4.74 Å². The average Bonchev–Trinajstić information content (AvgIpc) is 2.77. The SMILES string of the molecule is CC(C)Oc1cccc(-c2cc(C(=O)O)cs2)c1. The van der Waals surface area contributed by atoms with E-state index in [1.165, 1.54) is 11.3 Å². The first kappa shape index (κ1) is 12.6. The Labute approximate surface area is 110 Å². The van der Waals surface area contributed by atoms with Crippen molar-refractivity contribution >= 4 is 17.3 Å².